The number of nitrogens with zero attached hydrogens (tertiary/aromatic N) is 4. The second-order valence-electron chi connectivity index (χ2n) is 7.93. The van der Waals surface area contributed by atoms with Crippen LogP contribution >= 0.6 is 0 Å². The lowest BCUT2D eigenvalue weighted by atomic mass is 9.93. The van der Waals surface area contributed by atoms with E-state index in [1.54, 1.807) is 0 Å². The predicted octanol–water partition coefficient (Wildman–Crippen LogP) is 4.55. The molecular weight excluding hydrogens is 348 g/mol. The summed E-state index contributed by atoms with van der Waals surface area (Å²) in [6.45, 7) is 3.80. The van der Waals surface area contributed by atoms with Crippen LogP contribution in [0.2, 0.25) is 0 Å². The first-order valence-corrected chi connectivity index (χ1v) is 9.79. The average molecular weight is 374 g/mol. The molecule has 0 aliphatic heterocycles. The van der Waals surface area contributed by atoms with Gasteiger partial charge in [-0.15, -0.1) is 0 Å². The number of anilines is 1. The molecule has 0 atom stereocenters. The van der Waals surface area contributed by atoms with Crippen molar-refractivity contribution in [2.45, 2.75) is 25.7 Å². The Hall–Kier alpha value is -2.84. The fourth-order valence-corrected chi connectivity index (χ4v) is 3.69. The van der Waals surface area contributed by atoms with E-state index in [0.717, 1.165) is 59.8 Å². The van der Waals surface area contributed by atoms with Gasteiger partial charge in [0.25, 0.3) is 0 Å². The zero-order chi connectivity index (χ0) is 19.8. The highest BCUT2D eigenvalue weighted by molar-refractivity contribution is 6.02. The van der Waals surface area contributed by atoms with Crippen molar-refractivity contribution in [3.63, 3.8) is 0 Å². The van der Waals surface area contributed by atoms with Gasteiger partial charge >= 0.3 is 0 Å². The lowest BCUT2D eigenvalue weighted by molar-refractivity contribution is 0.416. The minimum absolute atomic E-state index is 0.402. The van der Waals surface area contributed by atoms with Gasteiger partial charge in [0.1, 0.15) is 11.6 Å². The average Bonchev–Trinajstić information content (AvgIpc) is 3.45. The van der Waals surface area contributed by atoms with Gasteiger partial charge in [-0.05, 0) is 45.0 Å². The van der Waals surface area contributed by atoms with Crippen molar-refractivity contribution in [1.29, 1.82) is 5.26 Å². The van der Waals surface area contributed by atoms with E-state index in [1.807, 2.05) is 25.1 Å². The molecule has 0 amide bonds. The smallest absolute Gasteiger partial charge is 0.198 e. The summed E-state index contributed by atoms with van der Waals surface area (Å²) in [5.41, 5.74) is 6.20. The van der Waals surface area contributed by atoms with Gasteiger partial charge in [0, 0.05) is 31.6 Å². The highest BCUT2D eigenvalue weighted by Crippen LogP contribution is 2.46. The molecule has 1 fully saturated rings. The SMILES string of the molecule is Cc1c(-c2ccccc2)c(N(C)CCN(C)C)c2oc(C3CC3)nc2c1C#N. The van der Waals surface area contributed by atoms with Crippen LogP contribution in [0.5, 0.6) is 0 Å². The molecule has 28 heavy (non-hydrogen) atoms. The van der Waals surface area contributed by atoms with Gasteiger partial charge in [-0.3, -0.25) is 0 Å². The molecule has 1 aromatic heterocycles. The van der Waals surface area contributed by atoms with Crippen LogP contribution in [0.25, 0.3) is 22.2 Å². The monoisotopic (exact) mass is 374 g/mol. The Labute approximate surface area is 166 Å². The van der Waals surface area contributed by atoms with E-state index >= 15 is 0 Å². The van der Waals surface area contributed by atoms with Gasteiger partial charge < -0.3 is 14.2 Å². The van der Waals surface area contributed by atoms with Crippen molar-refractivity contribution >= 4 is 16.8 Å². The van der Waals surface area contributed by atoms with Crippen LogP contribution in [0.3, 0.4) is 0 Å². The van der Waals surface area contributed by atoms with Crippen molar-refractivity contribution in [2.75, 3.05) is 39.1 Å². The Balaban J connectivity index is 2.00. The number of nitriles is 1. The third-order valence-electron chi connectivity index (χ3n) is 5.45. The van der Waals surface area contributed by atoms with Gasteiger partial charge in [-0.25, -0.2) is 4.98 Å². The first-order valence-electron chi connectivity index (χ1n) is 9.79. The van der Waals surface area contributed by atoms with E-state index in [1.165, 1.54) is 0 Å². The maximum atomic E-state index is 9.90. The molecule has 1 aliphatic carbocycles. The molecule has 144 valence electrons. The Morgan fingerprint density at radius 3 is 2.46 bits per heavy atom. The van der Waals surface area contributed by atoms with E-state index in [4.69, 9.17) is 9.40 Å². The van der Waals surface area contributed by atoms with Crippen LogP contribution in [0, 0.1) is 18.3 Å². The number of benzene rings is 2. The summed E-state index contributed by atoms with van der Waals surface area (Å²) in [7, 11) is 6.24. The van der Waals surface area contributed by atoms with Gasteiger partial charge in [-0.2, -0.15) is 5.26 Å². The van der Waals surface area contributed by atoms with Crippen LogP contribution in [-0.2, 0) is 0 Å². The van der Waals surface area contributed by atoms with Crippen molar-refractivity contribution in [1.82, 2.24) is 9.88 Å². The summed E-state index contributed by atoms with van der Waals surface area (Å²) in [4.78, 5) is 9.16. The summed E-state index contributed by atoms with van der Waals surface area (Å²) in [6.07, 6.45) is 2.23. The largest absolute Gasteiger partial charge is 0.438 e. The van der Waals surface area contributed by atoms with Gasteiger partial charge in [0.2, 0.25) is 0 Å². The molecule has 0 radical (unpaired) electrons. The van der Waals surface area contributed by atoms with E-state index < -0.39 is 0 Å². The second-order valence-corrected chi connectivity index (χ2v) is 7.93. The third-order valence-corrected chi connectivity index (χ3v) is 5.45. The minimum atomic E-state index is 0.402. The van der Waals surface area contributed by atoms with Gasteiger partial charge in [-0.1, -0.05) is 30.3 Å². The van der Waals surface area contributed by atoms with Crippen LogP contribution in [-0.4, -0.2) is 44.1 Å². The second kappa shape index (κ2) is 7.29. The molecule has 5 nitrogen and oxygen atoms in total. The topological polar surface area (TPSA) is 56.3 Å². The van der Waals surface area contributed by atoms with Crippen molar-refractivity contribution in [3.8, 4) is 17.2 Å². The van der Waals surface area contributed by atoms with Crippen molar-refractivity contribution in [2.24, 2.45) is 0 Å². The summed E-state index contributed by atoms with van der Waals surface area (Å²) in [5.74, 6) is 1.18. The zero-order valence-electron chi connectivity index (χ0n) is 17.0. The minimum Gasteiger partial charge on any atom is -0.438 e. The number of fused-ring (bicyclic) bond motifs is 1. The predicted molar refractivity (Wildman–Crippen MR) is 113 cm³/mol. The maximum Gasteiger partial charge on any atom is 0.198 e. The van der Waals surface area contributed by atoms with E-state index in [9.17, 15) is 5.26 Å². The standard InChI is InChI=1S/C23H26N4O/c1-15-18(14-24)20-22(28-23(25-20)17-10-11-17)21(27(4)13-12-26(2)3)19(15)16-8-6-5-7-9-16/h5-9,17H,10-13H2,1-4H3. The molecule has 5 heteroatoms. The Morgan fingerprint density at radius 1 is 1.14 bits per heavy atom. The highest BCUT2D eigenvalue weighted by atomic mass is 16.3. The molecule has 1 saturated carbocycles. The Morgan fingerprint density at radius 2 is 1.86 bits per heavy atom. The fourth-order valence-electron chi connectivity index (χ4n) is 3.69. The highest BCUT2D eigenvalue weighted by Gasteiger charge is 2.32. The summed E-state index contributed by atoms with van der Waals surface area (Å²) >= 11 is 0. The van der Waals surface area contributed by atoms with Gasteiger partial charge in [0.05, 0.1) is 11.3 Å². The first-order chi connectivity index (χ1) is 13.5. The molecule has 0 saturated heterocycles. The molecule has 1 aliphatic rings. The fraction of sp³-hybridized carbons (Fsp3) is 0.391. The van der Waals surface area contributed by atoms with E-state index in [-0.39, 0.29) is 0 Å². The molecule has 4 rings (SSSR count). The zero-order valence-corrected chi connectivity index (χ0v) is 17.0. The van der Waals surface area contributed by atoms with E-state index in [2.05, 4.69) is 49.1 Å². The quantitative estimate of drug-likeness (QED) is 0.633. The molecule has 3 aromatic rings. The molecular formula is C23H26N4O. The normalized spacial score (nSPS) is 13.9. The summed E-state index contributed by atoms with van der Waals surface area (Å²) < 4.78 is 6.29. The number of oxazole rings is 1. The Bertz CT molecular complexity index is 1040. The third kappa shape index (κ3) is 3.25. The molecule has 0 unspecified atom stereocenters. The van der Waals surface area contributed by atoms with Crippen LogP contribution in [0.1, 0.15) is 35.8 Å². The molecule has 0 bridgehead atoms. The Kier molecular flexibility index (Phi) is 4.82. The maximum absolute atomic E-state index is 9.90. The first kappa shape index (κ1) is 18.5. The number of likely N-dealkylation sites (N-methyl/N-ethyl adjacent to an activating group) is 2. The molecule has 0 spiro atoms. The number of rotatable bonds is 6. The molecule has 0 N–H and O–H groups in total. The molecule has 1 heterocycles. The van der Waals surface area contributed by atoms with Crippen molar-refractivity contribution in [3.05, 3.63) is 47.3 Å². The van der Waals surface area contributed by atoms with Crippen molar-refractivity contribution < 1.29 is 4.42 Å². The summed E-state index contributed by atoms with van der Waals surface area (Å²) in [6, 6.07) is 12.7. The lowest BCUT2D eigenvalue weighted by Crippen LogP contribution is -2.29. The lowest BCUT2D eigenvalue weighted by Gasteiger charge is -2.26. The molecule has 2 aromatic carbocycles. The number of aromatic nitrogens is 1. The summed E-state index contributed by atoms with van der Waals surface area (Å²) in [5, 5.41) is 9.90. The number of hydrogen-bond donors (Lipinski definition) is 0. The van der Waals surface area contributed by atoms with E-state index in [0.29, 0.717) is 17.0 Å². The van der Waals surface area contributed by atoms with Crippen LogP contribution < -0.4 is 4.90 Å². The van der Waals surface area contributed by atoms with Crippen LogP contribution in [0.4, 0.5) is 5.69 Å². The number of hydrogen-bond acceptors (Lipinski definition) is 5. The van der Waals surface area contributed by atoms with Crippen LogP contribution in [0.15, 0.2) is 34.7 Å². The van der Waals surface area contributed by atoms with Gasteiger partial charge in [0.15, 0.2) is 11.5 Å².